The molecule has 0 radical (unpaired) electrons. The summed E-state index contributed by atoms with van der Waals surface area (Å²) in [6.45, 7) is 5.75. The van der Waals surface area contributed by atoms with Crippen molar-refractivity contribution in [2.45, 2.75) is 63.8 Å². The number of hydrogen-bond acceptors (Lipinski definition) is 4. The molecule has 1 aliphatic carbocycles. The van der Waals surface area contributed by atoms with E-state index in [2.05, 4.69) is 19.2 Å². The number of ether oxygens (including phenoxy) is 2. The average molecular weight is 298 g/mol. The molecule has 122 valence electrons. The van der Waals surface area contributed by atoms with E-state index in [4.69, 9.17) is 9.47 Å². The van der Waals surface area contributed by atoms with Gasteiger partial charge in [-0.3, -0.25) is 4.79 Å². The van der Waals surface area contributed by atoms with E-state index in [9.17, 15) is 4.79 Å². The summed E-state index contributed by atoms with van der Waals surface area (Å²) in [4.78, 5) is 14.0. The second kappa shape index (κ2) is 7.07. The van der Waals surface area contributed by atoms with Gasteiger partial charge in [-0.15, -0.1) is 0 Å². The molecule has 1 saturated heterocycles. The highest BCUT2D eigenvalue weighted by atomic mass is 16.7. The first-order valence-corrected chi connectivity index (χ1v) is 8.17. The van der Waals surface area contributed by atoms with Gasteiger partial charge < -0.3 is 19.7 Å². The molecule has 0 aromatic heterocycles. The van der Waals surface area contributed by atoms with Crippen LogP contribution < -0.4 is 5.32 Å². The quantitative estimate of drug-likeness (QED) is 0.840. The Morgan fingerprint density at radius 2 is 1.81 bits per heavy atom. The van der Waals surface area contributed by atoms with Gasteiger partial charge >= 0.3 is 0 Å². The Bertz CT molecular complexity index is 341. The van der Waals surface area contributed by atoms with Crippen LogP contribution >= 0.6 is 0 Å². The second-order valence-corrected chi connectivity index (χ2v) is 6.96. The molecule has 1 amide bonds. The highest BCUT2D eigenvalue weighted by Crippen LogP contribution is 2.35. The maximum absolute atomic E-state index is 12.3. The van der Waals surface area contributed by atoms with E-state index in [-0.39, 0.29) is 17.7 Å². The van der Waals surface area contributed by atoms with Crippen LogP contribution in [0.5, 0.6) is 0 Å². The molecule has 2 aliphatic rings. The summed E-state index contributed by atoms with van der Waals surface area (Å²) in [5.74, 6) is 0.359. The SMILES string of the molecule is CC(C)CC(NC1CCC2(CC1)OCCO2)C(=O)N(C)C. The summed E-state index contributed by atoms with van der Waals surface area (Å²) in [7, 11) is 3.65. The maximum Gasteiger partial charge on any atom is 0.239 e. The lowest BCUT2D eigenvalue weighted by atomic mass is 9.89. The first kappa shape index (κ1) is 16.7. The summed E-state index contributed by atoms with van der Waals surface area (Å²) < 4.78 is 11.5. The Labute approximate surface area is 128 Å². The monoisotopic (exact) mass is 298 g/mol. The van der Waals surface area contributed by atoms with Crippen molar-refractivity contribution in [1.82, 2.24) is 10.2 Å². The Morgan fingerprint density at radius 3 is 2.29 bits per heavy atom. The lowest BCUT2D eigenvalue weighted by Gasteiger charge is -2.37. The van der Waals surface area contributed by atoms with E-state index >= 15 is 0 Å². The van der Waals surface area contributed by atoms with Crippen LogP contribution in [0.1, 0.15) is 46.0 Å². The molecule has 5 heteroatoms. The van der Waals surface area contributed by atoms with E-state index in [1.165, 1.54) is 0 Å². The molecule has 21 heavy (non-hydrogen) atoms. The molecule has 1 heterocycles. The van der Waals surface area contributed by atoms with Crippen molar-refractivity contribution < 1.29 is 14.3 Å². The molecule has 1 aliphatic heterocycles. The van der Waals surface area contributed by atoms with Crippen LogP contribution in [-0.2, 0) is 14.3 Å². The molecule has 0 aromatic rings. The largest absolute Gasteiger partial charge is 0.348 e. The maximum atomic E-state index is 12.3. The van der Waals surface area contributed by atoms with Gasteiger partial charge in [0.2, 0.25) is 5.91 Å². The average Bonchev–Trinajstić information content (AvgIpc) is 2.88. The van der Waals surface area contributed by atoms with Gasteiger partial charge in [0.15, 0.2) is 5.79 Å². The lowest BCUT2D eigenvalue weighted by molar-refractivity contribution is -0.179. The molecular weight excluding hydrogens is 268 g/mol. The van der Waals surface area contributed by atoms with Crippen molar-refractivity contribution >= 4 is 5.91 Å². The summed E-state index contributed by atoms with van der Waals surface area (Å²) in [6, 6.07) is 0.306. The molecule has 1 unspecified atom stereocenters. The molecule has 1 saturated carbocycles. The van der Waals surface area contributed by atoms with Gasteiger partial charge in [-0.05, 0) is 25.2 Å². The first-order valence-electron chi connectivity index (χ1n) is 8.17. The zero-order valence-corrected chi connectivity index (χ0v) is 13.9. The van der Waals surface area contributed by atoms with Gasteiger partial charge in [-0.1, -0.05) is 13.8 Å². The smallest absolute Gasteiger partial charge is 0.239 e. The molecule has 1 N–H and O–H groups in total. The van der Waals surface area contributed by atoms with E-state index < -0.39 is 0 Å². The summed E-state index contributed by atoms with van der Waals surface area (Å²) in [6.07, 6.45) is 4.75. The van der Waals surface area contributed by atoms with Crippen LogP contribution in [-0.4, -0.2) is 56.0 Å². The van der Waals surface area contributed by atoms with Crippen molar-refractivity contribution in [2.24, 2.45) is 5.92 Å². The fourth-order valence-electron chi connectivity index (χ4n) is 3.32. The van der Waals surface area contributed by atoms with Gasteiger partial charge in [0.25, 0.3) is 0 Å². The normalized spacial score (nSPS) is 23.7. The summed E-state index contributed by atoms with van der Waals surface area (Å²) in [5.41, 5.74) is 0. The number of hydrogen-bond donors (Lipinski definition) is 1. The highest BCUT2D eigenvalue weighted by molar-refractivity contribution is 5.81. The molecule has 0 aromatic carbocycles. The molecule has 2 rings (SSSR count). The number of rotatable bonds is 5. The van der Waals surface area contributed by atoms with Crippen LogP contribution in [0.25, 0.3) is 0 Å². The third-order valence-corrected chi connectivity index (χ3v) is 4.44. The van der Waals surface area contributed by atoms with Crippen LogP contribution in [0, 0.1) is 5.92 Å². The first-order chi connectivity index (χ1) is 9.92. The second-order valence-electron chi connectivity index (χ2n) is 6.96. The van der Waals surface area contributed by atoms with Crippen LogP contribution in [0.15, 0.2) is 0 Å². The minimum Gasteiger partial charge on any atom is -0.348 e. The number of likely N-dealkylation sites (N-methyl/N-ethyl adjacent to an activating group) is 1. The Hall–Kier alpha value is -0.650. The third-order valence-electron chi connectivity index (χ3n) is 4.44. The predicted octanol–water partition coefficient (Wildman–Crippen LogP) is 1.76. The van der Waals surface area contributed by atoms with Crippen molar-refractivity contribution in [3.63, 3.8) is 0 Å². The van der Waals surface area contributed by atoms with Gasteiger partial charge in [0, 0.05) is 33.0 Å². The topological polar surface area (TPSA) is 50.8 Å². The van der Waals surface area contributed by atoms with Crippen LogP contribution in [0.4, 0.5) is 0 Å². The van der Waals surface area contributed by atoms with Crippen molar-refractivity contribution in [2.75, 3.05) is 27.3 Å². The zero-order chi connectivity index (χ0) is 15.5. The van der Waals surface area contributed by atoms with Gasteiger partial charge in [0.1, 0.15) is 0 Å². The van der Waals surface area contributed by atoms with Crippen LogP contribution in [0.2, 0.25) is 0 Å². The zero-order valence-electron chi connectivity index (χ0n) is 13.9. The van der Waals surface area contributed by atoms with Gasteiger partial charge in [-0.25, -0.2) is 0 Å². The van der Waals surface area contributed by atoms with E-state index in [0.29, 0.717) is 25.2 Å². The van der Waals surface area contributed by atoms with Crippen LogP contribution in [0.3, 0.4) is 0 Å². The fourth-order valence-corrected chi connectivity index (χ4v) is 3.32. The third kappa shape index (κ3) is 4.41. The molecule has 2 fully saturated rings. The van der Waals surface area contributed by atoms with Crippen molar-refractivity contribution in [3.05, 3.63) is 0 Å². The number of carbonyl (C=O) groups excluding carboxylic acids is 1. The molecule has 1 atom stereocenters. The van der Waals surface area contributed by atoms with Crippen molar-refractivity contribution in [1.29, 1.82) is 0 Å². The number of nitrogens with zero attached hydrogens (tertiary/aromatic N) is 1. The summed E-state index contributed by atoms with van der Waals surface area (Å²) in [5, 5.41) is 3.57. The van der Waals surface area contributed by atoms with E-state index in [1.54, 1.807) is 4.90 Å². The molecule has 5 nitrogen and oxygen atoms in total. The molecule has 0 bridgehead atoms. The fraction of sp³-hybridized carbons (Fsp3) is 0.938. The van der Waals surface area contributed by atoms with Gasteiger partial charge in [0.05, 0.1) is 19.3 Å². The Morgan fingerprint density at radius 1 is 1.24 bits per heavy atom. The predicted molar refractivity (Wildman–Crippen MR) is 82.0 cm³/mol. The Balaban J connectivity index is 1.87. The minimum absolute atomic E-state index is 0.0792. The highest BCUT2D eigenvalue weighted by Gasteiger charge is 2.41. The van der Waals surface area contributed by atoms with E-state index in [1.807, 2.05) is 14.1 Å². The lowest BCUT2D eigenvalue weighted by Crippen LogP contribution is -2.51. The number of carbonyl (C=O) groups is 1. The number of amides is 1. The Kier molecular flexibility index (Phi) is 5.63. The minimum atomic E-state index is -0.322. The number of nitrogens with one attached hydrogen (secondary N) is 1. The van der Waals surface area contributed by atoms with Crippen molar-refractivity contribution in [3.8, 4) is 0 Å². The summed E-state index contributed by atoms with van der Waals surface area (Å²) >= 11 is 0. The van der Waals surface area contributed by atoms with Gasteiger partial charge in [-0.2, -0.15) is 0 Å². The standard InChI is InChI=1S/C16H30N2O3/c1-12(2)11-14(15(19)18(3)4)17-13-5-7-16(8-6-13)20-9-10-21-16/h12-14,17H,5-11H2,1-4H3. The van der Waals surface area contributed by atoms with E-state index in [0.717, 1.165) is 32.1 Å². The molecule has 1 spiro atoms. The molecular formula is C16H30N2O3.